The van der Waals surface area contributed by atoms with Gasteiger partial charge in [0, 0.05) is 31.8 Å². The second-order valence-corrected chi connectivity index (χ2v) is 6.87. The number of hydrogen-bond acceptors (Lipinski definition) is 4. The number of hydrogen-bond donors (Lipinski definition) is 2. The maximum Gasteiger partial charge on any atom is 0.240 e. The van der Waals surface area contributed by atoms with Crippen molar-refractivity contribution >= 4 is 21.6 Å². The van der Waals surface area contributed by atoms with Gasteiger partial charge >= 0.3 is 0 Å². The smallest absolute Gasteiger partial charge is 0.240 e. The molecular weight excluding hydrogens is 300 g/mol. The fourth-order valence-electron chi connectivity index (χ4n) is 1.71. The van der Waals surface area contributed by atoms with Crippen molar-refractivity contribution in [2.24, 2.45) is 5.92 Å². The average Bonchev–Trinajstić information content (AvgIpc) is 2.39. The van der Waals surface area contributed by atoms with Crippen molar-refractivity contribution in [3.05, 3.63) is 28.8 Å². The third-order valence-electron chi connectivity index (χ3n) is 2.78. The minimum atomic E-state index is -3.54. The highest BCUT2D eigenvalue weighted by Crippen LogP contribution is 2.20. The van der Waals surface area contributed by atoms with Crippen molar-refractivity contribution in [3.63, 3.8) is 0 Å². The molecular formula is C13H21ClN2O3S. The van der Waals surface area contributed by atoms with Crippen LogP contribution >= 0.6 is 11.6 Å². The zero-order valence-electron chi connectivity index (χ0n) is 11.9. The highest BCUT2D eigenvalue weighted by molar-refractivity contribution is 7.89. The number of halogens is 1. The van der Waals surface area contributed by atoms with Gasteiger partial charge < -0.3 is 10.1 Å². The van der Waals surface area contributed by atoms with E-state index in [1.807, 2.05) is 6.92 Å². The van der Waals surface area contributed by atoms with Crippen LogP contribution in [0.25, 0.3) is 0 Å². The van der Waals surface area contributed by atoms with Gasteiger partial charge in [-0.1, -0.05) is 24.6 Å². The molecule has 0 aliphatic heterocycles. The summed E-state index contributed by atoms with van der Waals surface area (Å²) in [6, 6.07) is 4.74. The Morgan fingerprint density at radius 1 is 1.40 bits per heavy atom. The molecule has 0 saturated heterocycles. The van der Waals surface area contributed by atoms with Gasteiger partial charge in [-0.2, -0.15) is 0 Å². The SMILES string of the molecule is CNCc1ccc(S(=O)(=O)NCC(C)COC)cc1Cl. The molecule has 0 fully saturated rings. The maximum absolute atomic E-state index is 12.1. The Bertz CT molecular complexity index is 534. The molecule has 1 atom stereocenters. The third kappa shape index (κ3) is 5.03. The summed E-state index contributed by atoms with van der Waals surface area (Å²) in [5.41, 5.74) is 0.862. The van der Waals surface area contributed by atoms with Gasteiger partial charge in [0.25, 0.3) is 0 Å². The minimum absolute atomic E-state index is 0.105. The summed E-state index contributed by atoms with van der Waals surface area (Å²) < 4.78 is 31.8. The molecule has 0 spiro atoms. The summed E-state index contributed by atoms with van der Waals surface area (Å²) in [7, 11) is -0.144. The lowest BCUT2D eigenvalue weighted by Gasteiger charge is -2.13. The van der Waals surface area contributed by atoms with Crippen LogP contribution in [0.1, 0.15) is 12.5 Å². The molecule has 0 bridgehead atoms. The zero-order chi connectivity index (χ0) is 15.2. The molecule has 0 aromatic heterocycles. The first-order chi connectivity index (χ1) is 9.40. The van der Waals surface area contributed by atoms with E-state index >= 15 is 0 Å². The van der Waals surface area contributed by atoms with Crippen LogP contribution in [-0.2, 0) is 21.3 Å². The van der Waals surface area contributed by atoms with E-state index in [0.29, 0.717) is 24.7 Å². The molecule has 1 rings (SSSR count). The van der Waals surface area contributed by atoms with Crippen molar-refractivity contribution < 1.29 is 13.2 Å². The molecule has 7 heteroatoms. The quantitative estimate of drug-likeness (QED) is 0.764. The normalized spacial score (nSPS) is 13.4. The van der Waals surface area contributed by atoms with Gasteiger partial charge in [0.2, 0.25) is 10.0 Å². The molecule has 0 aliphatic rings. The minimum Gasteiger partial charge on any atom is -0.384 e. The molecule has 0 saturated carbocycles. The topological polar surface area (TPSA) is 67.4 Å². The second kappa shape index (κ2) is 7.95. The molecule has 2 N–H and O–H groups in total. The van der Waals surface area contributed by atoms with Gasteiger partial charge in [-0.3, -0.25) is 0 Å². The van der Waals surface area contributed by atoms with Crippen LogP contribution in [0.15, 0.2) is 23.1 Å². The standard InChI is InChI=1S/C13H21ClN2O3S/c1-10(9-19-3)7-16-20(17,18)12-5-4-11(8-15-2)13(14)6-12/h4-6,10,15-16H,7-9H2,1-3H3. The lowest BCUT2D eigenvalue weighted by Crippen LogP contribution is -2.30. The lowest BCUT2D eigenvalue weighted by atomic mass is 10.2. The molecule has 0 radical (unpaired) electrons. The Balaban J connectivity index is 2.80. The lowest BCUT2D eigenvalue weighted by molar-refractivity contribution is 0.161. The van der Waals surface area contributed by atoms with Gasteiger partial charge in [-0.15, -0.1) is 0 Å². The van der Waals surface area contributed by atoms with Gasteiger partial charge in [-0.05, 0) is 30.7 Å². The molecule has 1 aromatic carbocycles. The van der Waals surface area contributed by atoms with Crippen molar-refractivity contribution in [2.45, 2.75) is 18.4 Å². The first-order valence-corrected chi connectivity index (χ1v) is 8.18. The molecule has 1 aromatic rings. The Kier molecular flexibility index (Phi) is 6.91. The van der Waals surface area contributed by atoms with E-state index in [9.17, 15) is 8.42 Å². The van der Waals surface area contributed by atoms with Crippen molar-refractivity contribution in [1.29, 1.82) is 0 Å². The summed E-state index contributed by atoms with van der Waals surface area (Å²) in [5.74, 6) is 0.105. The third-order valence-corrected chi connectivity index (χ3v) is 4.55. The summed E-state index contributed by atoms with van der Waals surface area (Å²) in [4.78, 5) is 0.173. The van der Waals surface area contributed by atoms with Crippen LogP contribution in [0.5, 0.6) is 0 Å². The van der Waals surface area contributed by atoms with Crippen molar-refractivity contribution in [2.75, 3.05) is 27.3 Å². The fraction of sp³-hybridized carbons (Fsp3) is 0.538. The van der Waals surface area contributed by atoms with Crippen LogP contribution in [-0.4, -0.2) is 35.7 Å². The van der Waals surface area contributed by atoms with E-state index in [1.54, 1.807) is 26.3 Å². The number of nitrogens with one attached hydrogen (secondary N) is 2. The molecule has 0 aliphatic carbocycles. The monoisotopic (exact) mass is 320 g/mol. The highest BCUT2D eigenvalue weighted by atomic mass is 35.5. The molecule has 5 nitrogen and oxygen atoms in total. The maximum atomic E-state index is 12.1. The van der Waals surface area contributed by atoms with Crippen LogP contribution in [0.2, 0.25) is 5.02 Å². The summed E-state index contributed by atoms with van der Waals surface area (Å²) >= 11 is 6.07. The van der Waals surface area contributed by atoms with E-state index < -0.39 is 10.0 Å². The Hall–Kier alpha value is -0.660. The summed E-state index contributed by atoms with van der Waals surface area (Å²) in [5, 5.41) is 3.41. The van der Waals surface area contributed by atoms with Gasteiger partial charge in [0.1, 0.15) is 0 Å². The van der Waals surface area contributed by atoms with Crippen LogP contribution in [0.4, 0.5) is 0 Å². The van der Waals surface area contributed by atoms with Crippen molar-refractivity contribution in [1.82, 2.24) is 10.0 Å². The number of rotatable bonds is 8. The Morgan fingerprint density at radius 3 is 2.65 bits per heavy atom. The van der Waals surface area contributed by atoms with Crippen LogP contribution < -0.4 is 10.0 Å². The molecule has 1 unspecified atom stereocenters. The van der Waals surface area contributed by atoms with Gasteiger partial charge in [0.15, 0.2) is 0 Å². The summed E-state index contributed by atoms with van der Waals surface area (Å²) in [6.07, 6.45) is 0. The molecule has 0 heterocycles. The van der Waals surface area contributed by atoms with Crippen LogP contribution in [0, 0.1) is 5.92 Å². The molecule has 20 heavy (non-hydrogen) atoms. The fourth-order valence-corrected chi connectivity index (χ4v) is 3.21. The number of ether oxygens (including phenoxy) is 1. The zero-order valence-corrected chi connectivity index (χ0v) is 13.5. The van der Waals surface area contributed by atoms with E-state index in [0.717, 1.165) is 5.56 Å². The Morgan fingerprint density at radius 2 is 2.10 bits per heavy atom. The number of benzene rings is 1. The summed E-state index contributed by atoms with van der Waals surface area (Å²) in [6.45, 7) is 3.34. The average molecular weight is 321 g/mol. The first kappa shape index (κ1) is 17.4. The van der Waals surface area contributed by atoms with Gasteiger partial charge in [0.05, 0.1) is 4.90 Å². The molecule has 0 amide bonds. The van der Waals surface area contributed by atoms with E-state index in [1.165, 1.54) is 6.07 Å². The second-order valence-electron chi connectivity index (χ2n) is 4.70. The highest BCUT2D eigenvalue weighted by Gasteiger charge is 2.16. The predicted octanol–water partition coefficient (Wildman–Crippen LogP) is 1.62. The van der Waals surface area contributed by atoms with E-state index in [4.69, 9.17) is 16.3 Å². The van der Waals surface area contributed by atoms with E-state index in [2.05, 4.69) is 10.0 Å². The number of methoxy groups -OCH3 is 1. The van der Waals surface area contributed by atoms with Crippen LogP contribution in [0.3, 0.4) is 0 Å². The Labute approximate surface area is 125 Å². The molecule has 114 valence electrons. The van der Waals surface area contributed by atoms with E-state index in [-0.39, 0.29) is 10.8 Å². The first-order valence-electron chi connectivity index (χ1n) is 6.32. The van der Waals surface area contributed by atoms with Crippen molar-refractivity contribution in [3.8, 4) is 0 Å². The largest absolute Gasteiger partial charge is 0.384 e. The van der Waals surface area contributed by atoms with Gasteiger partial charge in [-0.25, -0.2) is 13.1 Å². The number of sulfonamides is 1. The predicted molar refractivity (Wildman–Crippen MR) is 80.4 cm³/mol.